The van der Waals surface area contributed by atoms with Crippen LogP contribution in [0.5, 0.6) is 0 Å². The Bertz CT molecular complexity index is 289. The van der Waals surface area contributed by atoms with E-state index in [-0.39, 0.29) is 12.2 Å². The van der Waals surface area contributed by atoms with E-state index in [0.717, 1.165) is 6.42 Å². The van der Waals surface area contributed by atoms with Crippen molar-refractivity contribution in [2.45, 2.75) is 25.2 Å². The van der Waals surface area contributed by atoms with Gasteiger partial charge in [-0.15, -0.1) is 11.6 Å². The van der Waals surface area contributed by atoms with Crippen molar-refractivity contribution < 1.29 is 9.47 Å². The molecule has 0 aromatic heterocycles. The minimum absolute atomic E-state index is 0.174. The third-order valence-corrected chi connectivity index (χ3v) is 2.89. The number of ether oxygens (including phenoxy) is 2. The summed E-state index contributed by atoms with van der Waals surface area (Å²) in [4.78, 5) is 0. The van der Waals surface area contributed by atoms with Gasteiger partial charge in [-0.25, -0.2) is 0 Å². The molecule has 1 aliphatic heterocycles. The third kappa shape index (κ3) is 3.20. The first-order valence-corrected chi connectivity index (χ1v) is 5.75. The molecule has 0 radical (unpaired) electrons. The van der Waals surface area contributed by atoms with Gasteiger partial charge in [0.25, 0.3) is 0 Å². The minimum atomic E-state index is 0.174. The SMILES string of the molecule is ClCC1CC(OCc2ccccc2)CO1. The predicted molar refractivity (Wildman–Crippen MR) is 60.1 cm³/mol. The maximum atomic E-state index is 5.74. The summed E-state index contributed by atoms with van der Waals surface area (Å²) in [6, 6.07) is 10.2. The van der Waals surface area contributed by atoms with Crippen LogP contribution in [0.15, 0.2) is 30.3 Å². The van der Waals surface area contributed by atoms with Gasteiger partial charge in [0, 0.05) is 12.3 Å². The van der Waals surface area contributed by atoms with Crippen LogP contribution in [0.2, 0.25) is 0 Å². The molecule has 3 heteroatoms. The predicted octanol–water partition coefficient (Wildman–Crippen LogP) is 2.60. The fourth-order valence-corrected chi connectivity index (χ4v) is 1.90. The molecule has 1 aliphatic rings. The van der Waals surface area contributed by atoms with Gasteiger partial charge >= 0.3 is 0 Å². The van der Waals surface area contributed by atoms with E-state index in [2.05, 4.69) is 12.1 Å². The molecule has 1 fully saturated rings. The summed E-state index contributed by atoms with van der Waals surface area (Å²) in [6.45, 7) is 1.33. The lowest BCUT2D eigenvalue weighted by Gasteiger charge is -2.09. The maximum absolute atomic E-state index is 5.74. The van der Waals surface area contributed by atoms with Crippen molar-refractivity contribution in [2.75, 3.05) is 12.5 Å². The third-order valence-electron chi connectivity index (χ3n) is 2.54. The largest absolute Gasteiger partial charge is 0.374 e. The van der Waals surface area contributed by atoms with E-state index in [9.17, 15) is 0 Å². The van der Waals surface area contributed by atoms with Gasteiger partial charge < -0.3 is 9.47 Å². The van der Waals surface area contributed by atoms with Gasteiger partial charge in [0.05, 0.1) is 25.4 Å². The molecule has 1 aromatic carbocycles. The molecule has 15 heavy (non-hydrogen) atoms. The zero-order chi connectivity index (χ0) is 10.5. The van der Waals surface area contributed by atoms with Gasteiger partial charge in [0.15, 0.2) is 0 Å². The van der Waals surface area contributed by atoms with Crippen molar-refractivity contribution in [1.82, 2.24) is 0 Å². The van der Waals surface area contributed by atoms with Crippen LogP contribution in [0.1, 0.15) is 12.0 Å². The molecule has 0 bridgehead atoms. The average Bonchev–Trinajstić information content (AvgIpc) is 2.76. The molecule has 2 unspecified atom stereocenters. The second-order valence-electron chi connectivity index (χ2n) is 3.76. The summed E-state index contributed by atoms with van der Waals surface area (Å²) >= 11 is 5.71. The highest BCUT2D eigenvalue weighted by Gasteiger charge is 2.25. The van der Waals surface area contributed by atoms with E-state index >= 15 is 0 Å². The van der Waals surface area contributed by atoms with Gasteiger partial charge in [-0.2, -0.15) is 0 Å². The average molecular weight is 227 g/mol. The van der Waals surface area contributed by atoms with Gasteiger partial charge in [0.2, 0.25) is 0 Å². The van der Waals surface area contributed by atoms with Crippen LogP contribution < -0.4 is 0 Å². The van der Waals surface area contributed by atoms with E-state index in [1.165, 1.54) is 5.56 Å². The van der Waals surface area contributed by atoms with Crippen LogP contribution in [0.3, 0.4) is 0 Å². The first-order valence-electron chi connectivity index (χ1n) is 5.21. The number of rotatable bonds is 4. The summed E-state index contributed by atoms with van der Waals surface area (Å²) in [6.07, 6.45) is 1.29. The van der Waals surface area contributed by atoms with E-state index in [1.54, 1.807) is 0 Å². The van der Waals surface area contributed by atoms with Gasteiger partial charge in [-0.3, -0.25) is 0 Å². The Morgan fingerprint density at radius 3 is 2.80 bits per heavy atom. The molecule has 2 rings (SSSR count). The molecule has 1 aromatic rings. The van der Waals surface area contributed by atoms with Crippen LogP contribution in [0, 0.1) is 0 Å². The fraction of sp³-hybridized carbons (Fsp3) is 0.500. The first kappa shape index (κ1) is 10.9. The van der Waals surface area contributed by atoms with Crippen LogP contribution >= 0.6 is 11.6 Å². The number of benzene rings is 1. The highest BCUT2D eigenvalue weighted by molar-refractivity contribution is 6.18. The topological polar surface area (TPSA) is 18.5 Å². The minimum Gasteiger partial charge on any atom is -0.374 e. The smallest absolute Gasteiger partial charge is 0.0838 e. The zero-order valence-corrected chi connectivity index (χ0v) is 9.32. The number of hydrogen-bond donors (Lipinski definition) is 0. The van der Waals surface area contributed by atoms with Crippen molar-refractivity contribution in [3.05, 3.63) is 35.9 Å². The second kappa shape index (κ2) is 5.50. The van der Waals surface area contributed by atoms with Crippen LogP contribution in [0.25, 0.3) is 0 Å². The van der Waals surface area contributed by atoms with E-state index in [0.29, 0.717) is 19.1 Å². The monoisotopic (exact) mass is 226 g/mol. The molecule has 0 aliphatic carbocycles. The summed E-state index contributed by atoms with van der Waals surface area (Å²) < 4.78 is 11.2. The summed E-state index contributed by atoms with van der Waals surface area (Å²) in [7, 11) is 0. The normalized spacial score (nSPS) is 25.7. The Kier molecular flexibility index (Phi) is 4.01. The second-order valence-corrected chi connectivity index (χ2v) is 4.07. The Hall–Kier alpha value is -0.570. The molecular formula is C12H15ClO2. The lowest BCUT2D eigenvalue weighted by atomic mass is 10.2. The standard InChI is InChI=1S/C12H15ClO2/c13-7-11-6-12(9-15-11)14-8-10-4-2-1-3-5-10/h1-5,11-12H,6-9H2. The molecule has 0 saturated carbocycles. The molecule has 0 spiro atoms. The van der Waals surface area contributed by atoms with Crippen LogP contribution in [-0.2, 0) is 16.1 Å². The van der Waals surface area contributed by atoms with Gasteiger partial charge in [-0.05, 0) is 5.56 Å². The van der Waals surface area contributed by atoms with Gasteiger partial charge in [-0.1, -0.05) is 30.3 Å². The molecule has 2 nitrogen and oxygen atoms in total. The zero-order valence-electron chi connectivity index (χ0n) is 8.56. The Morgan fingerprint density at radius 2 is 2.13 bits per heavy atom. The summed E-state index contributed by atoms with van der Waals surface area (Å²) in [5.74, 6) is 0.561. The van der Waals surface area contributed by atoms with Crippen molar-refractivity contribution in [2.24, 2.45) is 0 Å². The Morgan fingerprint density at radius 1 is 1.33 bits per heavy atom. The number of hydrogen-bond acceptors (Lipinski definition) is 2. The van der Waals surface area contributed by atoms with Crippen molar-refractivity contribution in [1.29, 1.82) is 0 Å². The van der Waals surface area contributed by atoms with Crippen molar-refractivity contribution >= 4 is 11.6 Å². The van der Waals surface area contributed by atoms with Crippen molar-refractivity contribution in [3.63, 3.8) is 0 Å². The Labute approximate surface area is 95.1 Å². The van der Waals surface area contributed by atoms with Crippen molar-refractivity contribution in [3.8, 4) is 0 Å². The fourth-order valence-electron chi connectivity index (χ4n) is 1.68. The molecule has 1 saturated heterocycles. The van der Waals surface area contributed by atoms with E-state index in [1.807, 2.05) is 18.2 Å². The molecule has 0 amide bonds. The molecule has 1 heterocycles. The van der Waals surface area contributed by atoms with Gasteiger partial charge in [0.1, 0.15) is 0 Å². The highest BCUT2D eigenvalue weighted by atomic mass is 35.5. The summed E-state index contributed by atoms with van der Waals surface area (Å²) in [5.41, 5.74) is 1.20. The quantitative estimate of drug-likeness (QED) is 0.735. The Balaban J connectivity index is 1.75. The number of alkyl halides is 1. The highest BCUT2D eigenvalue weighted by Crippen LogP contribution is 2.18. The molecule has 0 N–H and O–H groups in total. The lowest BCUT2D eigenvalue weighted by Crippen LogP contribution is -2.13. The first-order chi connectivity index (χ1) is 7.38. The van der Waals surface area contributed by atoms with Crippen LogP contribution in [-0.4, -0.2) is 24.7 Å². The maximum Gasteiger partial charge on any atom is 0.0838 e. The molecular weight excluding hydrogens is 212 g/mol. The van der Waals surface area contributed by atoms with Crippen LogP contribution in [0.4, 0.5) is 0 Å². The molecule has 2 atom stereocenters. The summed E-state index contributed by atoms with van der Waals surface area (Å²) in [5, 5.41) is 0. The van der Waals surface area contributed by atoms with E-state index in [4.69, 9.17) is 21.1 Å². The van der Waals surface area contributed by atoms with E-state index < -0.39 is 0 Å². The number of halogens is 1. The molecule has 82 valence electrons. The lowest BCUT2D eigenvalue weighted by molar-refractivity contribution is 0.0288.